The molecular weight excluding hydrogens is 513 g/mol. The van der Waals surface area contributed by atoms with Crippen LogP contribution < -0.4 is 15.5 Å². The van der Waals surface area contributed by atoms with Crippen molar-refractivity contribution in [2.45, 2.75) is 65.0 Å². The first-order valence-electron chi connectivity index (χ1n) is 12.4. The summed E-state index contributed by atoms with van der Waals surface area (Å²) in [6.45, 7) is 11.8. The fourth-order valence-electron chi connectivity index (χ4n) is 4.68. The molecule has 1 aromatic rings. The van der Waals surface area contributed by atoms with E-state index in [2.05, 4.69) is 58.5 Å². The molecule has 32 heavy (non-hydrogen) atoms. The first-order valence-corrected chi connectivity index (χ1v) is 12.4. The summed E-state index contributed by atoms with van der Waals surface area (Å²) in [5.41, 5.74) is 2.51. The zero-order valence-corrected chi connectivity index (χ0v) is 22.4. The van der Waals surface area contributed by atoms with Gasteiger partial charge in [0.25, 0.3) is 0 Å². The zero-order valence-electron chi connectivity index (χ0n) is 20.1. The highest BCUT2D eigenvalue weighted by Crippen LogP contribution is 2.23. The fraction of sp³-hybridized carbons (Fsp3) is 0.720. The van der Waals surface area contributed by atoms with Crippen LogP contribution in [0.2, 0.25) is 0 Å². The van der Waals surface area contributed by atoms with Gasteiger partial charge in [0.2, 0.25) is 0 Å². The third kappa shape index (κ3) is 8.71. The Hall–Kier alpha value is -1.06. The lowest BCUT2D eigenvalue weighted by Gasteiger charge is -2.33. The van der Waals surface area contributed by atoms with Gasteiger partial charge in [-0.3, -0.25) is 0 Å². The van der Waals surface area contributed by atoms with E-state index in [0.717, 1.165) is 57.4 Å². The lowest BCUT2D eigenvalue weighted by Crippen LogP contribution is -2.41. The van der Waals surface area contributed by atoms with Crippen LogP contribution in [-0.2, 0) is 6.54 Å². The Kier molecular flexibility index (Phi) is 12.7. The number of piperidine rings is 2. The number of nitrogens with zero attached hydrogens (tertiary/aromatic N) is 3. The van der Waals surface area contributed by atoms with Crippen LogP contribution in [0.4, 0.5) is 5.69 Å². The molecule has 2 saturated heterocycles. The lowest BCUT2D eigenvalue weighted by molar-refractivity contribution is 0.159. The molecule has 2 aliphatic heterocycles. The molecule has 0 amide bonds. The minimum absolute atomic E-state index is 0. The van der Waals surface area contributed by atoms with Crippen LogP contribution >= 0.6 is 24.0 Å². The number of aliphatic hydroxyl groups is 1. The Labute approximate surface area is 212 Å². The number of likely N-dealkylation sites (tertiary alicyclic amines) is 1. The normalized spacial score (nSPS) is 20.7. The van der Waals surface area contributed by atoms with Gasteiger partial charge >= 0.3 is 0 Å². The van der Waals surface area contributed by atoms with E-state index in [9.17, 15) is 5.11 Å². The number of hydrogen-bond donors (Lipinski definition) is 3. The monoisotopic (exact) mass is 557 g/mol. The highest BCUT2D eigenvalue weighted by Gasteiger charge is 2.19. The van der Waals surface area contributed by atoms with Gasteiger partial charge in [-0.1, -0.05) is 18.6 Å². The molecule has 0 bridgehead atoms. The lowest BCUT2D eigenvalue weighted by atomic mass is 9.97. The average Bonchev–Trinajstić information content (AvgIpc) is 2.81. The molecule has 1 atom stereocenters. The van der Waals surface area contributed by atoms with Gasteiger partial charge in [0.15, 0.2) is 5.96 Å². The molecule has 182 valence electrons. The van der Waals surface area contributed by atoms with Gasteiger partial charge in [-0.05, 0) is 76.1 Å². The van der Waals surface area contributed by atoms with Crippen molar-refractivity contribution in [3.05, 3.63) is 29.8 Å². The Balaban J connectivity index is 0.00000363. The van der Waals surface area contributed by atoms with Crippen LogP contribution in [0.1, 0.15) is 57.9 Å². The molecule has 0 aromatic heterocycles. The summed E-state index contributed by atoms with van der Waals surface area (Å²) in [7, 11) is 0. The van der Waals surface area contributed by atoms with Crippen LogP contribution in [-0.4, -0.2) is 67.9 Å². The topological polar surface area (TPSA) is 63.1 Å². The first-order chi connectivity index (χ1) is 15.2. The SMILES string of the molecule is CCNC(=NCc1ccc(N2CCC(CO)CC2)cc1)NCCCN1CCCCC1C.I. The maximum absolute atomic E-state index is 9.32. The number of nitrogens with one attached hydrogen (secondary N) is 2. The summed E-state index contributed by atoms with van der Waals surface area (Å²) in [5.74, 6) is 1.38. The van der Waals surface area contributed by atoms with E-state index < -0.39 is 0 Å². The summed E-state index contributed by atoms with van der Waals surface area (Å²) in [5, 5.41) is 16.2. The summed E-state index contributed by atoms with van der Waals surface area (Å²) >= 11 is 0. The number of guanidine groups is 1. The molecule has 3 rings (SSSR count). The van der Waals surface area contributed by atoms with Crippen molar-refractivity contribution in [1.82, 2.24) is 15.5 Å². The smallest absolute Gasteiger partial charge is 0.191 e. The molecule has 2 aliphatic rings. The van der Waals surface area contributed by atoms with Crippen molar-refractivity contribution >= 4 is 35.6 Å². The van der Waals surface area contributed by atoms with Gasteiger partial charge in [-0.2, -0.15) is 0 Å². The number of rotatable bonds is 9. The second-order valence-corrected chi connectivity index (χ2v) is 9.14. The largest absolute Gasteiger partial charge is 0.396 e. The van der Waals surface area contributed by atoms with Gasteiger partial charge in [0.1, 0.15) is 0 Å². The van der Waals surface area contributed by atoms with Crippen molar-refractivity contribution < 1.29 is 5.11 Å². The zero-order chi connectivity index (χ0) is 21.9. The second kappa shape index (κ2) is 15.0. The Bertz CT molecular complexity index is 661. The molecule has 1 unspecified atom stereocenters. The molecular formula is C25H44IN5O. The van der Waals surface area contributed by atoms with Gasteiger partial charge in [0.05, 0.1) is 6.54 Å². The molecule has 7 heteroatoms. The molecule has 2 fully saturated rings. The minimum atomic E-state index is 0. The summed E-state index contributed by atoms with van der Waals surface area (Å²) in [4.78, 5) is 9.84. The van der Waals surface area contributed by atoms with Crippen molar-refractivity contribution in [2.24, 2.45) is 10.9 Å². The van der Waals surface area contributed by atoms with Crippen molar-refractivity contribution in [3.63, 3.8) is 0 Å². The first kappa shape index (κ1) is 27.2. The van der Waals surface area contributed by atoms with Crippen LogP contribution in [0, 0.1) is 5.92 Å². The maximum atomic E-state index is 9.32. The van der Waals surface area contributed by atoms with E-state index in [4.69, 9.17) is 4.99 Å². The molecule has 1 aromatic carbocycles. The minimum Gasteiger partial charge on any atom is -0.396 e. The van der Waals surface area contributed by atoms with E-state index in [1.165, 1.54) is 43.6 Å². The summed E-state index contributed by atoms with van der Waals surface area (Å²) in [6, 6.07) is 9.55. The molecule has 3 N–H and O–H groups in total. The maximum Gasteiger partial charge on any atom is 0.191 e. The second-order valence-electron chi connectivity index (χ2n) is 9.14. The standard InChI is InChI=1S/C25H43N5O.HI/c1-3-26-25(27-14-6-16-29-15-5-4-7-21(29)2)28-19-22-8-10-24(11-9-22)30-17-12-23(20-31)13-18-30;/h8-11,21,23,31H,3-7,12-20H2,1-2H3,(H2,26,27,28);1H. The highest BCUT2D eigenvalue weighted by molar-refractivity contribution is 14.0. The number of hydrogen-bond acceptors (Lipinski definition) is 4. The number of anilines is 1. The molecule has 0 spiro atoms. The summed E-state index contributed by atoms with van der Waals surface area (Å²) < 4.78 is 0. The van der Waals surface area contributed by atoms with E-state index in [1.54, 1.807) is 0 Å². The van der Waals surface area contributed by atoms with Crippen LogP contribution in [0.5, 0.6) is 0 Å². The number of benzene rings is 1. The van der Waals surface area contributed by atoms with Crippen LogP contribution in [0.15, 0.2) is 29.3 Å². The Morgan fingerprint density at radius 2 is 1.81 bits per heavy atom. The van der Waals surface area contributed by atoms with Crippen molar-refractivity contribution in [2.75, 3.05) is 50.8 Å². The van der Waals surface area contributed by atoms with Gasteiger partial charge in [-0.25, -0.2) is 4.99 Å². The highest BCUT2D eigenvalue weighted by atomic mass is 127. The number of aliphatic hydroxyl groups excluding tert-OH is 1. The van der Waals surface area contributed by atoms with E-state index in [0.29, 0.717) is 19.1 Å². The van der Waals surface area contributed by atoms with Crippen LogP contribution in [0.3, 0.4) is 0 Å². The fourth-order valence-corrected chi connectivity index (χ4v) is 4.68. The molecule has 2 heterocycles. The Morgan fingerprint density at radius 3 is 2.47 bits per heavy atom. The van der Waals surface area contributed by atoms with Gasteiger partial charge < -0.3 is 25.5 Å². The molecule has 0 aliphatic carbocycles. The molecule has 0 saturated carbocycles. The third-order valence-corrected chi connectivity index (χ3v) is 6.79. The van der Waals surface area contributed by atoms with Crippen molar-refractivity contribution in [1.29, 1.82) is 0 Å². The number of halogens is 1. The van der Waals surface area contributed by atoms with E-state index in [1.807, 2.05) is 0 Å². The van der Waals surface area contributed by atoms with E-state index >= 15 is 0 Å². The molecule has 0 radical (unpaired) electrons. The van der Waals surface area contributed by atoms with Crippen molar-refractivity contribution in [3.8, 4) is 0 Å². The van der Waals surface area contributed by atoms with E-state index in [-0.39, 0.29) is 24.0 Å². The summed E-state index contributed by atoms with van der Waals surface area (Å²) in [6.07, 6.45) is 7.39. The van der Waals surface area contributed by atoms with Gasteiger partial charge in [-0.15, -0.1) is 24.0 Å². The van der Waals surface area contributed by atoms with Gasteiger partial charge in [0, 0.05) is 51.1 Å². The molecule has 6 nitrogen and oxygen atoms in total. The third-order valence-electron chi connectivity index (χ3n) is 6.79. The predicted molar refractivity (Wildman–Crippen MR) is 146 cm³/mol. The number of aliphatic imine (C=N–C) groups is 1. The quantitative estimate of drug-likeness (QED) is 0.187. The Morgan fingerprint density at radius 1 is 1.06 bits per heavy atom. The predicted octanol–water partition coefficient (Wildman–Crippen LogP) is 3.83. The van der Waals surface area contributed by atoms with Crippen LogP contribution in [0.25, 0.3) is 0 Å². The average molecular weight is 558 g/mol.